The normalized spacial score (nSPS) is 11.1. The van der Waals surface area contributed by atoms with Crippen molar-refractivity contribution in [3.63, 3.8) is 0 Å². The van der Waals surface area contributed by atoms with E-state index in [1.54, 1.807) is 12.1 Å². The van der Waals surface area contributed by atoms with E-state index >= 15 is 0 Å². The zero-order valence-electron chi connectivity index (χ0n) is 9.75. The van der Waals surface area contributed by atoms with Gasteiger partial charge >= 0.3 is 7.12 Å². The van der Waals surface area contributed by atoms with E-state index in [1.807, 2.05) is 24.3 Å². The van der Waals surface area contributed by atoms with E-state index in [1.165, 1.54) is 7.11 Å². The van der Waals surface area contributed by atoms with E-state index in [0.717, 1.165) is 16.4 Å². The molecule has 4 nitrogen and oxygen atoms in total. The number of furan rings is 1. The highest BCUT2D eigenvalue weighted by Gasteiger charge is 2.20. The summed E-state index contributed by atoms with van der Waals surface area (Å²) in [6.07, 6.45) is 0. The number of hydrogen-bond donors (Lipinski definition) is 2. The maximum Gasteiger partial charge on any atom is 0.492 e. The van der Waals surface area contributed by atoms with Gasteiger partial charge in [-0.2, -0.15) is 0 Å². The first-order chi connectivity index (χ1) is 8.70. The van der Waals surface area contributed by atoms with Crippen molar-refractivity contribution in [1.29, 1.82) is 0 Å². The monoisotopic (exact) mass is 242 g/mol. The summed E-state index contributed by atoms with van der Waals surface area (Å²) in [4.78, 5) is 0. The lowest BCUT2D eigenvalue weighted by atomic mass is 9.79. The molecule has 2 aromatic carbocycles. The van der Waals surface area contributed by atoms with Crippen molar-refractivity contribution in [2.24, 2.45) is 0 Å². The lowest BCUT2D eigenvalue weighted by Crippen LogP contribution is -2.31. The Bertz CT molecular complexity index is 717. The first-order valence-corrected chi connectivity index (χ1v) is 5.56. The molecule has 3 rings (SSSR count). The molecule has 1 heterocycles. The molecule has 1 aromatic heterocycles. The zero-order chi connectivity index (χ0) is 12.7. The summed E-state index contributed by atoms with van der Waals surface area (Å²) < 4.78 is 10.8. The van der Waals surface area contributed by atoms with Crippen LogP contribution in [0.3, 0.4) is 0 Å². The van der Waals surface area contributed by atoms with E-state index in [0.29, 0.717) is 16.8 Å². The second-order valence-electron chi connectivity index (χ2n) is 4.06. The van der Waals surface area contributed by atoms with Crippen molar-refractivity contribution in [2.75, 3.05) is 7.11 Å². The molecule has 0 spiro atoms. The number of para-hydroxylation sites is 1. The van der Waals surface area contributed by atoms with Crippen LogP contribution in [0.5, 0.6) is 5.75 Å². The number of ether oxygens (including phenoxy) is 1. The lowest BCUT2D eigenvalue weighted by molar-refractivity contribution is 0.403. The Morgan fingerprint density at radius 3 is 2.56 bits per heavy atom. The van der Waals surface area contributed by atoms with Crippen LogP contribution in [0.15, 0.2) is 40.8 Å². The van der Waals surface area contributed by atoms with Crippen molar-refractivity contribution in [3.8, 4) is 5.75 Å². The quantitative estimate of drug-likeness (QED) is 0.664. The minimum Gasteiger partial charge on any atom is -0.497 e. The van der Waals surface area contributed by atoms with Gasteiger partial charge in [-0.3, -0.25) is 0 Å². The molecule has 90 valence electrons. The molecule has 0 aliphatic carbocycles. The van der Waals surface area contributed by atoms with Crippen molar-refractivity contribution < 1.29 is 19.2 Å². The first-order valence-electron chi connectivity index (χ1n) is 5.56. The third-order valence-electron chi connectivity index (χ3n) is 3.01. The second-order valence-corrected chi connectivity index (χ2v) is 4.06. The molecule has 0 aliphatic rings. The van der Waals surface area contributed by atoms with Gasteiger partial charge in [-0.25, -0.2) is 0 Å². The van der Waals surface area contributed by atoms with Crippen LogP contribution in [0.2, 0.25) is 0 Å². The molecule has 0 radical (unpaired) electrons. The standard InChI is InChI=1S/C13H11BO4/c1-17-13-7-12-9(6-10(13)14(15)16)8-4-2-3-5-11(8)18-12/h2-7,15-16H,1H3. The summed E-state index contributed by atoms with van der Waals surface area (Å²) in [7, 11) is -0.0894. The summed E-state index contributed by atoms with van der Waals surface area (Å²) in [5.74, 6) is 0.400. The SMILES string of the molecule is COc1cc2oc3ccccc3c2cc1B(O)O. The fourth-order valence-electron chi connectivity index (χ4n) is 2.15. The Labute approximate surface area is 104 Å². The summed E-state index contributed by atoms with van der Waals surface area (Å²) >= 11 is 0. The zero-order valence-corrected chi connectivity index (χ0v) is 9.75. The molecule has 0 fully saturated rings. The van der Waals surface area contributed by atoms with Crippen LogP contribution in [0, 0.1) is 0 Å². The van der Waals surface area contributed by atoms with Gasteiger partial charge in [0, 0.05) is 22.3 Å². The Morgan fingerprint density at radius 1 is 1.06 bits per heavy atom. The van der Waals surface area contributed by atoms with Gasteiger partial charge in [-0.1, -0.05) is 18.2 Å². The van der Waals surface area contributed by atoms with Crippen LogP contribution in [0.4, 0.5) is 0 Å². The molecule has 0 saturated carbocycles. The highest BCUT2D eigenvalue weighted by molar-refractivity contribution is 6.60. The molecule has 0 atom stereocenters. The summed E-state index contributed by atoms with van der Waals surface area (Å²) in [6, 6.07) is 11.0. The minimum atomic E-state index is -1.57. The Hall–Kier alpha value is -1.98. The van der Waals surface area contributed by atoms with Gasteiger partial charge in [0.25, 0.3) is 0 Å². The summed E-state index contributed by atoms with van der Waals surface area (Å²) in [5.41, 5.74) is 1.76. The van der Waals surface area contributed by atoms with Crippen molar-refractivity contribution in [1.82, 2.24) is 0 Å². The maximum absolute atomic E-state index is 9.35. The van der Waals surface area contributed by atoms with Gasteiger partial charge in [-0.15, -0.1) is 0 Å². The van der Waals surface area contributed by atoms with Gasteiger partial charge in [-0.05, 0) is 12.1 Å². The Kier molecular flexibility index (Phi) is 2.50. The lowest BCUT2D eigenvalue weighted by Gasteiger charge is -2.07. The molecule has 0 bridgehead atoms. The minimum absolute atomic E-state index is 0.330. The molecule has 0 saturated heterocycles. The van der Waals surface area contributed by atoms with Crippen molar-refractivity contribution in [3.05, 3.63) is 36.4 Å². The molecular weight excluding hydrogens is 231 g/mol. The highest BCUT2D eigenvalue weighted by Crippen LogP contribution is 2.30. The van der Waals surface area contributed by atoms with Crippen molar-refractivity contribution in [2.45, 2.75) is 0 Å². The fraction of sp³-hybridized carbons (Fsp3) is 0.0769. The van der Waals surface area contributed by atoms with Crippen LogP contribution >= 0.6 is 0 Å². The molecule has 0 aliphatic heterocycles. The number of fused-ring (bicyclic) bond motifs is 3. The van der Waals surface area contributed by atoms with E-state index in [-0.39, 0.29) is 0 Å². The third-order valence-corrected chi connectivity index (χ3v) is 3.01. The average molecular weight is 242 g/mol. The van der Waals surface area contributed by atoms with Gasteiger partial charge in [0.2, 0.25) is 0 Å². The molecule has 0 unspecified atom stereocenters. The average Bonchev–Trinajstić information content (AvgIpc) is 2.74. The van der Waals surface area contributed by atoms with Crippen LogP contribution < -0.4 is 10.2 Å². The van der Waals surface area contributed by atoms with E-state index in [2.05, 4.69) is 0 Å². The molecule has 3 aromatic rings. The van der Waals surface area contributed by atoms with Crippen molar-refractivity contribution >= 4 is 34.5 Å². The Balaban J connectivity index is 2.40. The molecule has 2 N–H and O–H groups in total. The second kappa shape index (κ2) is 4.05. The van der Waals surface area contributed by atoms with E-state index in [4.69, 9.17) is 9.15 Å². The first kappa shape index (κ1) is 11.1. The number of benzene rings is 2. The highest BCUT2D eigenvalue weighted by atomic mass is 16.5. The van der Waals surface area contributed by atoms with Gasteiger partial charge in [0.15, 0.2) is 0 Å². The smallest absolute Gasteiger partial charge is 0.492 e. The van der Waals surface area contributed by atoms with Gasteiger partial charge in [0.1, 0.15) is 16.9 Å². The molecule has 5 heteroatoms. The number of hydrogen-bond acceptors (Lipinski definition) is 4. The fourth-order valence-corrected chi connectivity index (χ4v) is 2.15. The van der Waals surface area contributed by atoms with Crippen LogP contribution in [0.25, 0.3) is 21.9 Å². The van der Waals surface area contributed by atoms with E-state index in [9.17, 15) is 10.0 Å². The van der Waals surface area contributed by atoms with Crippen LogP contribution in [-0.4, -0.2) is 24.3 Å². The van der Waals surface area contributed by atoms with Gasteiger partial charge < -0.3 is 19.2 Å². The topological polar surface area (TPSA) is 62.8 Å². The number of rotatable bonds is 2. The largest absolute Gasteiger partial charge is 0.497 e. The van der Waals surface area contributed by atoms with Crippen LogP contribution in [0.1, 0.15) is 0 Å². The molecular formula is C13H11BO4. The Morgan fingerprint density at radius 2 is 1.83 bits per heavy atom. The van der Waals surface area contributed by atoms with Gasteiger partial charge in [0.05, 0.1) is 7.11 Å². The number of methoxy groups -OCH3 is 1. The van der Waals surface area contributed by atoms with E-state index < -0.39 is 7.12 Å². The molecule has 0 amide bonds. The predicted octanol–water partition coefficient (Wildman–Crippen LogP) is 1.27. The third kappa shape index (κ3) is 1.56. The summed E-state index contributed by atoms with van der Waals surface area (Å²) in [6.45, 7) is 0. The predicted molar refractivity (Wildman–Crippen MR) is 70.1 cm³/mol. The van der Waals surface area contributed by atoms with Crippen LogP contribution in [-0.2, 0) is 0 Å². The molecule has 18 heavy (non-hydrogen) atoms. The maximum atomic E-state index is 9.35. The summed E-state index contributed by atoms with van der Waals surface area (Å²) in [5, 5.41) is 20.5.